The first-order chi connectivity index (χ1) is 14.9. The molecule has 0 saturated heterocycles. The summed E-state index contributed by atoms with van der Waals surface area (Å²) in [5, 5.41) is 0. The van der Waals surface area contributed by atoms with E-state index in [-0.39, 0.29) is 6.07 Å². The van der Waals surface area contributed by atoms with Crippen LogP contribution in [0.2, 0.25) is 0 Å². The maximum absolute atomic E-state index is 14.4. The summed E-state index contributed by atoms with van der Waals surface area (Å²) in [4.78, 5) is 0. The van der Waals surface area contributed by atoms with Gasteiger partial charge in [-0.15, -0.1) is 13.2 Å². The van der Waals surface area contributed by atoms with Gasteiger partial charge in [0, 0.05) is 0 Å². The average molecular weight is 464 g/mol. The SMILES string of the molecule is CC1CCC(CCc2ccc(OC(F)(F)c3ccc(OC(F)(F)F)c(F)c3)c(F)c2)CC1. The molecule has 3 rings (SSSR count). The minimum Gasteiger partial charge on any atom is -0.426 e. The quantitative estimate of drug-likeness (QED) is 0.390. The summed E-state index contributed by atoms with van der Waals surface area (Å²) in [6, 6.07) is 4.75. The van der Waals surface area contributed by atoms with Crippen molar-refractivity contribution in [1.29, 1.82) is 0 Å². The van der Waals surface area contributed by atoms with Gasteiger partial charge in [-0.05, 0) is 60.6 Å². The lowest BCUT2D eigenvalue weighted by Crippen LogP contribution is -2.23. The van der Waals surface area contributed by atoms with E-state index in [0.717, 1.165) is 37.3 Å². The standard InChI is InChI=1S/C23H23F7O2/c1-14-2-4-15(5-3-14)6-7-16-8-10-20(18(24)12-16)31-22(26,27)17-9-11-21(19(25)13-17)32-23(28,29)30/h8-15H,2-7H2,1H3. The lowest BCUT2D eigenvalue weighted by Gasteiger charge is -2.26. The lowest BCUT2D eigenvalue weighted by atomic mass is 9.80. The molecule has 1 aliphatic carbocycles. The molecule has 0 bridgehead atoms. The number of alkyl halides is 5. The fourth-order valence-corrected chi connectivity index (χ4v) is 3.86. The molecule has 176 valence electrons. The summed E-state index contributed by atoms with van der Waals surface area (Å²) >= 11 is 0. The van der Waals surface area contributed by atoms with E-state index >= 15 is 0 Å². The van der Waals surface area contributed by atoms with Crippen LogP contribution in [-0.4, -0.2) is 6.36 Å². The summed E-state index contributed by atoms with van der Waals surface area (Å²) in [6.45, 7) is 2.22. The van der Waals surface area contributed by atoms with Crippen LogP contribution in [0.5, 0.6) is 11.5 Å². The molecular formula is C23H23F7O2. The van der Waals surface area contributed by atoms with Crippen molar-refractivity contribution in [1.82, 2.24) is 0 Å². The van der Waals surface area contributed by atoms with Gasteiger partial charge in [0.2, 0.25) is 0 Å². The molecular weight excluding hydrogens is 441 g/mol. The Balaban J connectivity index is 1.64. The lowest BCUT2D eigenvalue weighted by molar-refractivity contribution is -0.275. The number of hydrogen-bond acceptors (Lipinski definition) is 2. The molecule has 0 N–H and O–H groups in total. The van der Waals surface area contributed by atoms with E-state index in [1.54, 1.807) is 0 Å². The zero-order chi connectivity index (χ0) is 23.5. The van der Waals surface area contributed by atoms with E-state index in [1.807, 2.05) is 0 Å². The van der Waals surface area contributed by atoms with Crippen LogP contribution in [-0.2, 0) is 12.5 Å². The third kappa shape index (κ3) is 6.53. The molecule has 1 fully saturated rings. The Morgan fingerprint density at radius 1 is 0.812 bits per heavy atom. The van der Waals surface area contributed by atoms with E-state index in [0.29, 0.717) is 30.0 Å². The van der Waals surface area contributed by atoms with Gasteiger partial charge in [-0.25, -0.2) is 8.78 Å². The highest BCUT2D eigenvalue weighted by atomic mass is 19.4. The van der Waals surface area contributed by atoms with Crippen molar-refractivity contribution in [3.63, 3.8) is 0 Å². The van der Waals surface area contributed by atoms with Crippen molar-refractivity contribution in [2.45, 2.75) is 57.9 Å². The van der Waals surface area contributed by atoms with Gasteiger partial charge in [0.05, 0.1) is 5.56 Å². The monoisotopic (exact) mass is 464 g/mol. The van der Waals surface area contributed by atoms with Crippen molar-refractivity contribution in [3.8, 4) is 11.5 Å². The van der Waals surface area contributed by atoms with Gasteiger partial charge in [-0.2, -0.15) is 8.78 Å². The maximum atomic E-state index is 14.4. The van der Waals surface area contributed by atoms with Crippen molar-refractivity contribution in [2.24, 2.45) is 11.8 Å². The molecule has 0 amide bonds. The normalized spacial score (nSPS) is 19.6. The van der Waals surface area contributed by atoms with Crippen LogP contribution < -0.4 is 9.47 Å². The highest BCUT2D eigenvalue weighted by Gasteiger charge is 2.38. The molecule has 0 aliphatic heterocycles. The van der Waals surface area contributed by atoms with Crippen LogP contribution in [0, 0.1) is 23.5 Å². The number of benzene rings is 2. The second kappa shape index (κ2) is 9.58. The Morgan fingerprint density at radius 3 is 2.00 bits per heavy atom. The van der Waals surface area contributed by atoms with E-state index in [4.69, 9.17) is 0 Å². The number of ether oxygens (including phenoxy) is 2. The second-order valence-corrected chi connectivity index (χ2v) is 8.24. The number of rotatable bonds is 7. The predicted octanol–water partition coefficient (Wildman–Crippen LogP) is 7.75. The fraction of sp³-hybridized carbons (Fsp3) is 0.478. The van der Waals surface area contributed by atoms with Crippen LogP contribution in [0.4, 0.5) is 30.7 Å². The third-order valence-corrected chi connectivity index (χ3v) is 5.70. The van der Waals surface area contributed by atoms with Crippen LogP contribution in [0.1, 0.15) is 50.2 Å². The first kappa shape index (κ1) is 24.2. The van der Waals surface area contributed by atoms with Gasteiger partial charge in [0.25, 0.3) is 0 Å². The maximum Gasteiger partial charge on any atom is 0.573 e. The van der Waals surface area contributed by atoms with Gasteiger partial charge in [0.15, 0.2) is 23.1 Å². The van der Waals surface area contributed by atoms with Crippen LogP contribution in [0.15, 0.2) is 36.4 Å². The Hall–Kier alpha value is -2.45. The second-order valence-electron chi connectivity index (χ2n) is 8.24. The van der Waals surface area contributed by atoms with Gasteiger partial charge in [-0.3, -0.25) is 0 Å². The van der Waals surface area contributed by atoms with E-state index in [9.17, 15) is 30.7 Å². The highest BCUT2D eigenvalue weighted by Crippen LogP contribution is 2.36. The molecule has 9 heteroatoms. The molecule has 0 radical (unpaired) electrons. The minimum absolute atomic E-state index is 0.151. The molecule has 1 saturated carbocycles. The summed E-state index contributed by atoms with van der Waals surface area (Å²) in [5.41, 5.74) is -0.434. The largest absolute Gasteiger partial charge is 0.573 e. The number of aryl methyl sites for hydroxylation is 1. The molecule has 0 unspecified atom stereocenters. The van der Waals surface area contributed by atoms with E-state index in [2.05, 4.69) is 16.4 Å². The fourth-order valence-electron chi connectivity index (χ4n) is 3.86. The molecule has 0 spiro atoms. The first-order valence-corrected chi connectivity index (χ1v) is 10.3. The van der Waals surface area contributed by atoms with Gasteiger partial charge in [-0.1, -0.05) is 38.7 Å². The Bertz CT molecular complexity index is 919. The zero-order valence-corrected chi connectivity index (χ0v) is 17.3. The summed E-state index contributed by atoms with van der Waals surface area (Å²) in [6.07, 6.45) is -3.27. The number of halogens is 7. The van der Waals surface area contributed by atoms with Crippen molar-refractivity contribution in [2.75, 3.05) is 0 Å². The van der Waals surface area contributed by atoms with E-state index in [1.165, 1.54) is 18.9 Å². The molecule has 0 heterocycles. The summed E-state index contributed by atoms with van der Waals surface area (Å²) < 4.78 is 101. The highest BCUT2D eigenvalue weighted by molar-refractivity contribution is 5.33. The minimum atomic E-state index is -5.18. The zero-order valence-electron chi connectivity index (χ0n) is 17.3. The predicted molar refractivity (Wildman–Crippen MR) is 103 cm³/mol. The molecule has 0 atom stereocenters. The summed E-state index contributed by atoms with van der Waals surface area (Å²) in [7, 11) is 0. The van der Waals surface area contributed by atoms with Gasteiger partial charge < -0.3 is 9.47 Å². The van der Waals surface area contributed by atoms with E-state index < -0.39 is 41.2 Å². The van der Waals surface area contributed by atoms with Crippen LogP contribution in [0.3, 0.4) is 0 Å². The van der Waals surface area contributed by atoms with Crippen molar-refractivity contribution in [3.05, 3.63) is 59.2 Å². The first-order valence-electron chi connectivity index (χ1n) is 10.3. The average Bonchev–Trinajstić information content (AvgIpc) is 2.70. The summed E-state index contributed by atoms with van der Waals surface area (Å²) in [5.74, 6) is -3.38. The number of hydrogen-bond donors (Lipinski definition) is 0. The van der Waals surface area contributed by atoms with Crippen LogP contribution >= 0.6 is 0 Å². The Morgan fingerprint density at radius 2 is 1.41 bits per heavy atom. The topological polar surface area (TPSA) is 18.5 Å². The Labute approximate surface area is 181 Å². The molecule has 32 heavy (non-hydrogen) atoms. The van der Waals surface area contributed by atoms with Gasteiger partial charge in [0.1, 0.15) is 0 Å². The molecule has 2 aromatic rings. The molecule has 0 aromatic heterocycles. The Kier molecular flexibility index (Phi) is 7.25. The van der Waals surface area contributed by atoms with Crippen molar-refractivity contribution < 1.29 is 40.2 Å². The van der Waals surface area contributed by atoms with Crippen molar-refractivity contribution >= 4 is 0 Å². The van der Waals surface area contributed by atoms with Gasteiger partial charge >= 0.3 is 12.5 Å². The molecule has 2 aromatic carbocycles. The third-order valence-electron chi connectivity index (χ3n) is 5.70. The smallest absolute Gasteiger partial charge is 0.426 e. The molecule has 2 nitrogen and oxygen atoms in total. The molecule has 1 aliphatic rings. The van der Waals surface area contributed by atoms with Crippen LogP contribution in [0.25, 0.3) is 0 Å².